The smallest absolute Gasteiger partial charge is 0.236 e. The molecule has 0 radical (unpaired) electrons. The van der Waals surface area contributed by atoms with Crippen LogP contribution in [0.15, 0.2) is 0 Å². The van der Waals surface area contributed by atoms with Gasteiger partial charge in [-0.2, -0.15) is 0 Å². The van der Waals surface area contributed by atoms with Crippen LogP contribution < -0.4 is 5.32 Å². The van der Waals surface area contributed by atoms with Crippen molar-refractivity contribution >= 4 is 5.91 Å². The highest BCUT2D eigenvalue weighted by molar-refractivity contribution is 5.77. The molecule has 14 heavy (non-hydrogen) atoms. The summed E-state index contributed by atoms with van der Waals surface area (Å²) in [4.78, 5) is 13.0. The minimum absolute atomic E-state index is 0.121. The van der Waals surface area contributed by atoms with Gasteiger partial charge in [0.25, 0.3) is 0 Å². The molecule has 0 aliphatic rings. The number of amides is 1. The second-order valence-electron chi connectivity index (χ2n) is 3.30. The molecule has 0 saturated heterocycles. The van der Waals surface area contributed by atoms with Gasteiger partial charge in [0.15, 0.2) is 0 Å². The molecule has 0 saturated carbocycles. The molecule has 0 aromatic heterocycles. The molecule has 1 atom stereocenters. The summed E-state index contributed by atoms with van der Waals surface area (Å²) in [5.74, 6) is 0.121. The van der Waals surface area contributed by atoms with Gasteiger partial charge in [0.2, 0.25) is 5.91 Å². The normalized spacial score (nSPS) is 12.6. The molecule has 0 heterocycles. The first-order valence-electron chi connectivity index (χ1n) is 5.18. The molecular weight excluding hydrogens is 180 g/mol. The number of likely N-dealkylation sites (N-methyl/N-ethyl adjacent to an activating group) is 1. The number of nitrogens with zero attached hydrogens (tertiary/aromatic N) is 1. The first-order valence-corrected chi connectivity index (χ1v) is 5.18. The van der Waals surface area contributed by atoms with E-state index in [1.54, 1.807) is 11.9 Å². The first-order chi connectivity index (χ1) is 6.61. The van der Waals surface area contributed by atoms with E-state index >= 15 is 0 Å². The minimum Gasteiger partial charge on any atom is -0.377 e. The van der Waals surface area contributed by atoms with Gasteiger partial charge in [0.1, 0.15) is 0 Å². The van der Waals surface area contributed by atoms with Crippen LogP contribution in [0.1, 0.15) is 20.8 Å². The van der Waals surface area contributed by atoms with Crippen molar-refractivity contribution in [3.8, 4) is 0 Å². The van der Waals surface area contributed by atoms with Gasteiger partial charge in [0, 0.05) is 26.7 Å². The average molecular weight is 202 g/mol. The van der Waals surface area contributed by atoms with Gasteiger partial charge in [0.05, 0.1) is 12.6 Å². The molecule has 0 rings (SSSR count). The van der Waals surface area contributed by atoms with Crippen LogP contribution in [0.4, 0.5) is 0 Å². The Hall–Kier alpha value is -0.610. The Morgan fingerprint density at radius 2 is 2.14 bits per heavy atom. The number of hydrogen-bond donors (Lipinski definition) is 1. The zero-order valence-corrected chi connectivity index (χ0v) is 9.67. The van der Waals surface area contributed by atoms with E-state index < -0.39 is 0 Å². The van der Waals surface area contributed by atoms with E-state index in [0.717, 1.165) is 13.1 Å². The van der Waals surface area contributed by atoms with Crippen LogP contribution in [0.3, 0.4) is 0 Å². The summed E-state index contributed by atoms with van der Waals surface area (Å²) in [6.45, 7) is 8.49. The van der Waals surface area contributed by atoms with E-state index in [-0.39, 0.29) is 12.0 Å². The first kappa shape index (κ1) is 13.4. The topological polar surface area (TPSA) is 41.6 Å². The van der Waals surface area contributed by atoms with Crippen molar-refractivity contribution < 1.29 is 9.53 Å². The molecule has 1 amide bonds. The van der Waals surface area contributed by atoms with Crippen molar-refractivity contribution in [2.75, 3.05) is 33.3 Å². The predicted molar refractivity (Wildman–Crippen MR) is 57.3 cm³/mol. The third-order valence-corrected chi connectivity index (χ3v) is 2.06. The fourth-order valence-corrected chi connectivity index (χ4v) is 1.04. The van der Waals surface area contributed by atoms with Gasteiger partial charge in [-0.1, -0.05) is 0 Å². The summed E-state index contributed by atoms with van der Waals surface area (Å²) in [6.07, 6.45) is 0.166. The van der Waals surface area contributed by atoms with Gasteiger partial charge in [-0.25, -0.2) is 0 Å². The van der Waals surface area contributed by atoms with Gasteiger partial charge < -0.3 is 15.0 Å². The predicted octanol–water partition coefficient (Wildman–Crippen LogP) is 0.479. The Labute approximate surface area is 86.6 Å². The van der Waals surface area contributed by atoms with Crippen LogP contribution in [0.5, 0.6) is 0 Å². The molecular formula is C10H22N2O2. The zero-order valence-electron chi connectivity index (χ0n) is 9.67. The molecule has 0 bridgehead atoms. The largest absolute Gasteiger partial charge is 0.377 e. The highest BCUT2D eigenvalue weighted by Gasteiger charge is 2.06. The van der Waals surface area contributed by atoms with E-state index in [9.17, 15) is 4.79 Å². The van der Waals surface area contributed by atoms with E-state index in [1.807, 2.05) is 20.8 Å². The molecule has 84 valence electrons. The van der Waals surface area contributed by atoms with Crippen LogP contribution in [-0.4, -0.2) is 50.2 Å². The van der Waals surface area contributed by atoms with Crippen molar-refractivity contribution in [2.24, 2.45) is 0 Å². The monoisotopic (exact) mass is 202 g/mol. The van der Waals surface area contributed by atoms with Crippen molar-refractivity contribution in [2.45, 2.75) is 26.9 Å². The second-order valence-corrected chi connectivity index (χ2v) is 3.30. The fourth-order valence-electron chi connectivity index (χ4n) is 1.04. The standard InChI is InChI=1S/C10H22N2O2/c1-5-12(4)10(13)8-11-7-9(3)14-6-2/h9,11H,5-8H2,1-4H3. The maximum Gasteiger partial charge on any atom is 0.236 e. The van der Waals surface area contributed by atoms with Crippen LogP contribution in [0.2, 0.25) is 0 Å². The van der Waals surface area contributed by atoms with Crippen molar-refractivity contribution in [3.63, 3.8) is 0 Å². The maximum atomic E-state index is 11.3. The van der Waals surface area contributed by atoms with Crippen LogP contribution in [-0.2, 0) is 9.53 Å². The highest BCUT2D eigenvalue weighted by Crippen LogP contribution is 1.87. The summed E-state index contributed by atoms with van der Waals surface area (Å²) < 4.78 is 5.32. The molecule has 0 aromatic carbocycles. The summed E-state index contributed by atoms with van der Waals surface area (Å²) in [7, 11) is 1.80. The van der Waals surface area contributed by atoms with E-state index in [0.29, 0.717) is 13.2 Å². The molecule has 4 nitrogen and oxygen atoms in total. The van der Waals surface area contributed by atoms with E-state index in [4.69, 9.17) is 4.74 Å². The Kier molecular flexibility index (Phi) is 7.42. The molecule has 0 spiro atoms. The summed E-state index contributed by atoms with van der Waals surface area (Å²) in [5, 5.41) is 3.07. The Morgan fingerprint density at radius 1 is 1.50 bits per heavy atom. The van der Waals surface area contributed by atoms with Gasteiger partial charge >= 0.3 is 0 Å². The number of ether oxygens (including phenoxy) is 1. The molecule has 0 aliphatic carbocycles. The average Bonchev–Trinajstić information content (AvgIpc) is 2.16. The second kappa shape index (κ2) is 7.76. The summed E-state index contributed by atoms with van der Waals surface area (Å²) in [5.41, 5.74) is 0. The molecule has 0 aromatic rings. The maximum absolute atomic E-state index is 11.3. The van der Waals surface area contributed by atoms with Crippen LogP contribution >= 0.6 is 0 Å². The van der Waals surface area contributed by atoms with Crippen molar-refractivity contribution in [1.82, 2.24) is 10.2 Å². The molecule has 0 fully saturated rings. The quantitative estimate of drug-likeness (QED) is 0.653. The molecule has 0 aliphatic heterocycles. The number of hydrogen-bond acceptors (Lipinski definition) is 3. The minimum atomic E-state index is 0.121. The lowest BCUT2D eigenvalue weighted by Gasteiger charge is -2.16. The lowest BCUT2D eigenvalue weighted by molar-refractivity contribution is -0.128. The fraction of sp³-hybridized carbons (Fsp3) is 0.900. The van der Waals surface area contributed by atoms with Crippen LogP contribution in [0.25, 0.3) is 0 Å². The number of nitrogens with one attached hydrogen (secondary N) is 1. The van der Waals surface area contributed by atoms with Crippen LogP contribution in [0, 0.1) is 0 Å². The lowest BCUT2D eigenvalue weighted by atomic mass is 10.4. The van der Waals surface area contributed by atoms with Gasteiger partial charge in [-0.15, -0.1) is 0 Å². The summed E-state index contributed by atoms with van der Waals surface area (Å²) in [6, 6.07) is 0. The van der Waals surface area contributed by atoms with Gasteiger partial charge in [-0.05, 0) is 20.8 Å². The summed E-state index contributed by atoms with van der Waals surface area (Å²) >= 11 is 0. The number of carbonyl (C=O) groups excluding carboxylic acids is 1. The SMILES string of the molecule is CCOC(C)CNCC(=O)N(C)CC. The Bertz CT molecular complexity index is 162. The third-order valence-electron chi connectivity index (χ3n) is 2.06. The lowest BCUT2D eigenvalue weighted by Crippen LogP contribution is -2.38. The number of rotatable bonds is 7. The zero-order chi connectivity index (χ0) is 11.0. The van der Waals surface area contributed by atoms with Gasteiger partial charge in [-0.3, -0.25) is 4.79 Å². The molecule has 4 heteroatoms. The molecule has 1 unspecified atom stereocenters. The molecule has 1 N–H and O–H groups in total. The highest BCUT2D eigenvalue weighted by atomic mass is 16.5. The van der Waals surface area contributed by atoms with Crippen molar-refractivity contribution in [1.29, 1.82) is 0 Å². The van der Waals surface area contributed by atoms with E-state index in [2.05, 4.69) is 5.32 Å². The Balaban J connectivity index is 3.48. The van der Waals surface area contributed by atoms with E-state index in [1.165, 1.54) is 0 Å². The Morgan fingerprint density at radius 3 is 2.64 bits per heavy atom. The third kappa shape index (κ3) is 5.94. The number of carbonyl (C=O) groups is 1. The van der Waals surface area contributed by atoms with Crippen molar-refractivity contribution in [3.05, 3.63) is 0 Å².